The first-order valence-electron chi connectivity index (χ1n) is 12.0. The number of hydrogen-bond donors (Lipinski definition) is 2. The molecule has 1 heterocycles. The van der Waals surface area contributed by atoms with Crippen LogP contribution in [0.1, 0.15) is 29.3 Å². The van der Waals surface area contributed by atoms with E-state index in [0.29, 0.717) is 34.5 Å². The zero-order valence-electron chi connectivity index (χ0n) is 21.2. The Labute approximate surface area is 231 Å². The van der Waals surface area contributed by atoms with Gasteiger partial charge in [0, 0.05) is 11.1 Å². The molecule has 0 saturated carbocycles. The van der Waals surface area contributed by atoms with Gasteiger partial charge in [-0.3, -0.25) is 4.79 Å². The molecule has 0 atom stereocenters. The Morgan fingerprint density at radius 1 is 1.05 bits per heavy atom. The standard InChI is InChI=1S/C28H24F4N4O3S/c1-2-38-25-12-19(8-11-24(25)39-16-18-6-9-21(29)10-7-18)15-33-36-26(37)14-23-17-40-27(35-23)34-22-5-3-4-20(13-22)28(30,31)32/h3-13,15,17H,2,14,16H2,1H3,(H,34,35)(H,36,37)/b33-15-. The summed E-state index contributed by atoms with van der Waals surface area (Å²) in [5.41, 5.74) is 3.79. The number of thiazole rings is 1. The average Bonchev–Trinajstić information content (AvgIpc) is 3.35. The minimum absolute atomic E-state index is 0.0710. The molecule has 0 radical (unpaired) electrons. The highest BCUT2D eigenvalue weighted by molar-refractivity contribution is 7.13. The molecule has 40 heavy (non-hydrogen) atoms. The number of amides is 1. The van der Waals surface area contributed by atoms with Crippen molar-refractivity contribution in [3.63, 3.8) is 0 Å². The topological polar surface area (TPSA) is 84.8 Å². The van der Waals surface area contributed by atoms with E-state index in [1.54, 1.807) is 35.7 Å². The summed E-state index contributed by atoms with van der Waals surface area (Å²) in [6.45, 7) is 2.48. The lowest BCUT2D eigenvalue weighted by Crippen LogP contribution is -2.19. The molecule has 0 bridgehead atoms. The molecule has 12 heteroatoms. The molecular weight excluding hydrogens is 548 g/mol. The molecule has 3 aromatic carbocycles. The summed E-state index contributed by atoms with van der Waals surface area (Å²) >= 11 is 1.17. The third-order valence-corrected chi connectivity index (χ3v) is 6.12. The van der Waals surface area contributed by atoms with E-state index in [1.165, 1.54) is 41.8 Å². The van der Waals surface area contributed by atoms with Crippen molar-refractivity contribution in [2.24, 2.45) is 5.10 Å². The first kappa shape index (κ1) is 28.6. The second-order valence-corrected chi connectivity index (χ2v) is 9.23. The van der Waals surface area contributed by atoms with Crippen LogP contribution >= 0.6 is 11.3 Å². The van der Waals surface area contributed by atoms with Crippen LogP contribution in [0.25, 0.3) is 0 Å². The molecule has 0 aliphatic carbocycles. The number of aromatic nitrogens is 1. The largest absolute Gasteiger partial charge is 0.490 e. The first-order valence-corrected chi connectivity index (χ1v) is 12.9. The molecule has 208 valence electrons. The molecule has 1 amide bonds. The van der Waals surface area contributed by atoms with Crippen LogP contribution in [0.4, 0.5) is 28.4 Å². The highest BCUT2D eigenvalue weighted by Crippen LogP contribution is 2.32. The molecule has 0 spiro atoms. The lowest BCUT2D eigenvalue weighted by molar-refractivity contribution is -0.137. The van der Waals surface area contributed by atoms with Gasteiger partial charge in [0.05, 0.1) is 30.5 Å². The number of hydrogen-bond acceptors (Lipinski definition) is 7. The Balaban J connectivity index is 1.30. The molecule has 4 rings (SSSR count). The van der Waals surface area contributed by atoms with Gasteiger partial charge in [-0.05, 0) is 66.6 Å². The van der Waals surface area contributed by atoms with Crippen molar-refractivity contribution in [1.82, 2.24) is 10.4 Å². The number of ether oxygens (including phenoxy) is 2. The Kier molecular flexibility index (Phi) is 9.33. The number of nitrogens with one attached hydrogen (secondary N) is 2. The summed E-state index contributed by atoms with van der Waals surface area (Å²) in [4.78, 5) is 16.6. The fourth-order valence-corrected chi connectivity index (χ4v) is 4.19. The van der Waals surface area contributed by atoms with Crippen LogP contribution in [-0.2, 0) is 24.0 Å². The summed E-state index contributed by atoms with van der Waals surface area (Å²) in [6, 6.07) is 15.9. The van der Waals surface area contributed by atoms with Gasteiger partial charge in [0.1, 0.15) is 12.4 Å². The van der Waals surface area contributed by atoms with Gasteiger partial charge in [-0.2, -0.15) is 18.3 Å². The highest BCUT2D eigenvalue weighted by Gasteiger charge is 2.30. The number of benzene rings is 3. The minimum Gasteiger partial charge on any atom is -0.490 e. The quantitative estimate of drug-likeness (QED) is 0.119. The van der Waals surface area contributed by atoms with Crippen LogP contribution < -0.4 is 20.2 Å². The number of anilines is 2. The van der Waals surface area contributed by atoms with E-state index < -0.39 is 17.6 Å². The molecule has 0 unspecified atom stereocenters. The molecule has 0 saturated heterocycles. The van der Waals surface area contributed by atoms with E-state index in [0.717, 1.165) is 17.7 Å². The number of carbonyl (C=O) groups is 1. The summed E-state index contributed by atoms with van der Waals surface area (Å²) in [7, 11) is 0. The Bertz CT molecular complexity index is 1470. The Hall–Kier alpha value is -4.45. The van der Waals surface area contributed by atoms with Crippen molar-refractivity contribution in [1.29, 1.82) is 0 Å². The number of nitrogens with zero attached hydrogens (tertiary/aromatic N) is 2. The third-order valence-electron chi connectivity index (χ3n) is 5.31. The SMILES string of the molecule is CCOc1cc(/C=N\NC(=O)Cc2csc(Nc3cccc(C(F)(F)F)c3)n2)ccc1OCc1ccc(F)cc1. The fraction of sp³-hybridized carbons (Fsp3) is 0.179. The number of halogens is 4. The van der Waals surface area contributed by atoms with Gasteiger partial charge in [-0.1, -0.05) is 18.2 Å². The summed E-state index contributed by atoms with van der Waals surface area (Å²) < 4.78 is 63.3. The number of hydrazone groups is 1. The molecule has 0 fully saturated rings. The van der Waals surface area contributed by atoms with E-state index in [2.05, 4.69) is 20.8 Å². The highest BCUT2D eigenvalue weighted by atomic mass is 32.1. The van der Waals surface area contributed by atoms with E-state index in [1.807, 2.05) is 6.92 Å². The van der Waals surface area contributed by atoms with Gasteiger partial charge in [-0.15, -0.1) is 11.3 Å². The third kappa shape index (κ3) is 8.27. The van der Waals surface area contributed by atoms with Gasteiger partial charge < -0.3 is 14.8 Å². The molecule has 7 nitrogen and oxygen atoms in total. The monoisotopic (exact) mass is 572 g/mol. The van der Waals surface area contributed by atoms with Crippen molar-refractivity contribution < 1.29 is 31.8 Å². The maximum atomic E-state index is 13.1. The summed E-state index contributed by atoms with van der Waals surface area (Å²) in [5.74, 6) is 0.252. The predicted octanol–water partition coefficient (Wildman–Crippen LogP) is 6.72. The van der Waals surface area contributed by atoms with E-state index >= 15 is 0 Å². The van der Waals surface area contributed by atoms with E-state index in [4.69, 9.17) is 9.47 Å². The van der Waals surface area contributed by atoms with Gasteiger partial charge in [0.25, 0.3) is 0 Å². The zero-order valence-corrected chi connectivity index (χ0v) is 22.0. The Morgan fingerprint density at radius 2 is 1.85 bits per heavy atom. The van der Waals surface area contributed by atoms with Crippen molar-refractivity contribution in [3.05, 3.63) is 100 Å². The molecule has 0 aliphatic heterocycles. The van der Waals surface area contributed by atoms with Crippen LogP contribution in [0.5, 0.6) is 11.5 Å². The fourth-order valence-electron chi connectivity index (χ4n) is 3.46. The molecule has 4 aromatic rings. The van der Waals surface area contributed by atoms with Crippen LogP contribution in [0.2, 0.25) is 0 Å². The Morgan fingerprint density at radius 3 is 2.60 bits per heavy atom. The maximum absolute atomic E-state index is 13.1. The smallest absolute Gasteiger partial charge is 0.416 e. The first-order chi connectivity index (χ1) is 19.2. The van der Waals surface area contributed by atoms with Crippen molar-refractivity contribution in [3.8, 4) is 11.5 Å². The van der Waals surface area contributed by atoms with Crippen molar-refractivity contribution in [2.75, 3.05) is 11.9 Å². The number of alkyl halides is 3. The molecular formula is C28H24F4N4O3S. The maximum Gasteiger partial charge on any atom is 0.416 e. The summed E-state index contributed by atoms with van der Waals surface area (Å²) in [5, 5.41) is 8.79. The van der Waals surface area contributed by atoms with Gasteiger partial charge in [0.15, 0.2) is 16.6 Å². The lowest BCUT2D eigenvalue weighted by atomic mass is 10.2. The summed E-state index contributed by atoms with van der Waals surface area (Å²) in [6.07, 6.45) is -3.07. The minimum atomic E-state index is -4.45. The predicted molar refractivity (Wildman–Crippen MR) is 145 cm³/mol. The number of carbonyl (C=O) groups excluding carboxylic acids is 1. The van der Waals surface area contributed by atoms with Crippen LogP contribution in [-0.4, -0.2) is 23.7 Å². The number of rotatable bonds is 11. The zero-order chi connectivity index (χ0) is 28.5. The van der Waals surface area contributed by atoms with Crippen molar-refractivity contribution >= 4 is 34.3 Å². The van der Waals surface area contributed by atoms with Crippen LogP contribution in [0.15, 0.2) is 77.2 Å². The average molecular weight is 573 g/mol. The van der Waals surface area contributed by atoms with Gasteiger partial charge >= 0.3 is 6.18 Å². The van der Waals surface area contributed by atoms with Gasteiger partial charge in [-0.25, -0.2) is 14.8 Å². The van der Waals surface area contributed by atoms with Crippen LogP contribution in [0.3, 0.4) is 0 Å². The normalized spacial score (nSPS) is 11.4. The lowest BCUT2D eigenvalue weighted by Gasteiger charge is -2.12. The second-order valence-electron chi connectivity index (χ2n) is 8.37. The second kappa shape index (κ2) is 13.1. The van der Waals surface area contributed by atoms with Crippen molar-refractivity contribution in [2.45, 2.75) is 26.1 Å². The van der Waals surface area contributed by atoms with E-state index in [9.17, 15) is 22.4 Å². The van der Waals surface area contributed by atoms with E-state index in [-0.39, 0.29) is 24.5 Å². The molecule has 1 aromatic heterocycles. The van der Waals surface area contributed by atoms with Gasteiger partial charge in [0.2, 0.25) is 5.91 Å². The molecule has 0 aliphatic rings. The molecule has 2 N–H and O–H groups in total. The van der Waals surface area contributed by atoms with Crippen LogP contribution in [0, 0.1) is 5.82 Å².